The Morgan fingerprint density at radius 1 is 0.579 bits per heavy atom. The molecular weight excluding hydrogens is 474 g/mol. The zero-order chi connectivity index (χ0) is 26.1. The van der Waals surface area contributed by atoms with Crippen molar-refractivity contribution in [2.45, 2.75) is 18.3 Å². The first-order chi connectivity index (χ1) is 18.7. The first-order valence-corrected chi connectivity index (χ1v) is 13.1. The molecule has 0 amide bonds. The van der Waals surface area contributed by atoms with Gasteiger partial charge < -0.3 is 15.2 Å². The fourth-order valence-corrected chi connectivity index (χ4v) is 5.91. The van der Waals surface area contributed by atoms with Crippen molar-refractivity contribution in [3.63, 3.8) is 0 Å². The van der Waals surface area contributed by atoms with E-state index in [-0.39, 0.29) is 38.0 Å². The van der Waals surface area contributed by atoms with Crippen LogP contribution in [-0.4, -0.2) is 31.7 Å². The van der Waals surface area contributed by atoms with E-state index in [4.69, 9.17) is 15.2 Å². The molecular formula is C33H29NO4. The van der Waals surface area contributed by atoms with Crippen molar-refractivity contribution in [3.05, 3.63) is 119 Å². The normalized spacial score (nSPS) is 13.5. The molecule has 0 fully saturated rings. The molecule has 0 unspecified atom stereocenters. The van der Waals surface area contributed by atoms with E-state index in [9.17, 15) is 9.59 Å². The third-order valence-corrected chi connectivity index (χ3v) is 7.73. The molecule has 2 N–H and O–H groups in total. The molecule has 5 heteroatoms. The van der Waals surface area contributed by atoms with Crippen molar-refractivity contribution in [1.29, 1.82) is 0 Å². The monoisotopic (exact) mass is 503 g/mol. The first kappa shape index (κ1) is 24.1. The van der Waals surface area contributed by atoms with Gasteiger partial charge in [-0.1, -0.05) is 97.1 Å². The fourth-order valence-electron chi connectivity index (χ4n) is 5.91. The summed E-state index contributed by atoms with van der Waals surface area (Å²) in [6.45, 7) is 0.494. The van der Waals surface area contributed by atoms with E-state index in [0.717, 1.165) is 44.5 Å². The van der Waals surface area contributed by atoms with Crippen LogP contribution in [0.25, 0.3) is 22.3 Å². The highest BCUT2D eigenvalue weighted by Gasteiger charge is 2.35. The number of ether oxygens (including phenoxy) is 2. The average Bonchev–Trinajstić information content (AvgIpc) is 3.46. The molecule has 0 aromatic heterocycles. The predicted octanol–water partition coefficient (Wildman–Crippen LogP) is 5.66. The SMILES string of the molecule is NCCC(C(=O)OCC1c2ccccc2-c2ccccc21)C(=O)OCC1c2ccccc2-c2ccccc21. The molecule has 2 aliphatic rings. The smallest absolute Gasteiger partial charge is 0.320 e. The molecule has 38 heavy (non-hydrogen) atoms. The molecule has 0 heterocycles. The lowest BCUT2D eigenvalue weighted by Crippen LogP contribution is -2.31. The number of hydrogen-bond donors (Lipinski definition) is 1. The Morgan fingerprint density at radius 3 is 1.21 bits per heavy atom. The molecule has 0 saturated carbocycles. The van der Waals surface area contributed by atoms with Crippen molar-refractivity contribution >= 4 is 11.9 Å². The molecule has 190 valence electrons. The van der Waals surface area contributed by atoms with Gasteiger partial charge in [0.15, 0.2) is 5.92 Å². The van der Waals surface area contributed by atoms with Crippen molar-refractivity contribution in [2.24, 2.45) is 11.7 Å². The quantitative estimate of drug-likeness (QED) is 0.248. The molecule has 4 aromatic rings. The van der Waals surface area contributed by atoms with Crippen LogP contribution in [0.3, 0.4) is 0 Å². The molecule has 4 aromatic carbocycles. The van der Waals surface area contributed by atoms with E-state index in [1.165, 1.54) is 0 Å². The van der Waals surface area contributed by atoms with Crippen LogP contribution in [0.5, 0.6) is 0 Å². The fraction of sp³-hybridized carbons (Fsp3) is 0.212. The molecule has 5 nitrogen and oxygen atoms in total. The third kappa shape index (κ3) is 4.19. The summed E-state index contributed by atoms with van der Waals surface area (Å²) in [6, 6.07) is 32.6. The number of rotatable bonds is 8. The standard InChI is InChI=1S/C33H29NO4/c34-18-17-29(32(35)37-19-30-25-13-5-1-9-21(25)22-10-2-6-14-26(22)30)33(36)38-20-31-27-15-7-3-11-23(27)24-12-4-8-16-28(24)31/h1-16,29-31H,17-20,34H2. The van der Waals surface area contributed by atoms with E-state index in [1.807, 2.05) is 48.5 Å². The lowest BCUT2D eigenvalue weighted by Gasteiger charge is -2.19. The number of nitrogens with two attached hydrogens (primary N) is 1. The maximum atomic E-state index is 13.2. The van der Waals surface area contributed by atoms with E-state index in [0.29, 0.717) is 0 Å². The van der Waals surface area contributed by atoms with Crippen molar-refractivity contribution < 1.29 is 19.1 Å². The van der Waals surface area contributed by atoms with Gasteiger partial charge in [-0.2, -0.15) is 0 Å². The molecule has 0 aliphatic heterocycles. The summed E-state index contributed by atoms with van der Waals surface area (Å²) in [7, 11) is 0. The second-order valence-electron chi connectivity index (χ2n) is 9.84. The minimum atomic E-state index is -1.06. The minimum Gasteiger partial charge on any atom is -0.464 e. The van der Waals surface area contributed by atoms with Crippen LogP contribution in [0.2, 0.25) is 0 Å². The molecule has 0 radical (unpaired) electrons. The van der Waals surface area contributed by atoms with E-state index < -0.39 is 17.9 Å². The first-order valence-electron chi connectivity index (χ1n) is 13.1. The van der Waals surface area contributed by atoms with Gasteiger partial charge in [-0.3, -0.25) is 9.59 Å². The van der Waals surface area contributed by atoms with Gasteiger partial charge in [-0.15, -0.1) is 0 Å². The molecule has 6 rings (SSSR count). The Labute approximate surface area is 222 Å². The highest BCUT2D eigenvalue weighted by atomic mass is 16.6. The van der Waals surface area contributed by atoms with Gasteiger partial charge in [-0.05, 0) is 57.5 Å². The van der Waals surface area contributed by atoms with Crippen LogP contribution >= 0.6 is 0 Å². The highest BCUT2D eigenvalue weighted by molar-refractivity contribution is 5.95. The minimum absolute atomic E-state index is 0.0765. The molecule has 2 aliphatic carbocycles. The van der Waals surface area contributed by atoms with Crippen molar-refractivity contribution in [2.75, 3.05) is 19.8 Å². The summed E-state index contributed by atoms with van der Waals surface area (Å²) >= 11 is 0. The zero-order valence-corrected chi connectivity index (χ0v) is 21.0. The van der Waals surface area contributed by atoms with Crippen molar-refractivity contribution in [1.82, 2.24) is 0 Å². The molecule has 0 saturated heterocycles. The highest BCUT2D eigenvalue weighted by Crippen LogP contribution is 2.45. The van der Waals surface area contributed by atoms with Gasteiger partial charge in [0, 0.05) is 11.8 Å². The van der Waals surface area contributed by atoms with Crippen LogP contribution in [-0.2, 0) is 19.1 Å². The second-order valence-corrected chi connectivity index (χ2v) is 9.84. The van der Waals surface area contributed by atoms with E-state index >= 15 is 0 Å². The van der Waals surface area contributed by atoms with Crippen LogP contribution < -0.4 is 5.73 Å². The largest absolute Gasteiger partial charge is 0.464 e. The summed E-state index contributed by atoms with van der Waals surface area (Å²) < 4.78 is 11.5. The number of fused-ring (bicyclic) bond motifs is 6. The Hall–Kier alpha value is -4.22. The Balaban J connectivity index is 1.15. The Kier molecular flexibility index (Phi) is 6.52. The summed E-state index contributed by atoms with van der Waals surface area (Å²) in [6.07, 6.45) is 0.174. The Bertz CT molecular complexity index is 1310. The summed E-state index contributed by atoms with van der Waals surface area (Å²) in [5, 5.41) is 0. The maximum Gasteiger partial charge on any atom is 0.320 e. The predicted molar refractivity (Wildman–Crippen MR) is 147 cm³/mol. The van der Waals surface area contributed by atoms with Gasteiger partial charge in [-0.25, -0.2) is 0 Å². The summed E-state index contributed by atoms with van der Waals surface area (Å²) in [5.74, 6) is -2.39. The third-order valence-electron chi connectivity index (χ3n) is 7.73. The molecule has 0 atom stereocenters. The number of benzene rings is 4. The second kappa shape index (κ2) is 10.3. The summed E-state index contributed by atoms with van der Waals surface area (Å²) in [4.78, 5) is 26.3. The van der Waals surface area contributed by atoms with Gasteiger partial charge in [0.05, 0.1) is 0 Å². The Morgan fingerprint density at radius 2 is 0.895 bits per heavy atom. The molecule has 0 bridgehead atoms. The van der Waals surface area contributed by atoms with Gasteiger partial charge >= 0.3 is 11.9 Å². The maximum absolute atomic E-state index is 13.2. The molecule has 0 spiro atoms. The van der Waals surface area contributed by atoms with Crippen LogP contribution in [0.4, 0.5) is 0 Å². The average molecular weight is 504 g/mol. The van der Waals surface area contributed by atoms with Gasteiger partial charge in [0.2, 0.25) is 0 Å². The number of hydrogen-bond acceptors (Lipinski definition) is 5. The van der Waals surface area contributed by atoms with Gasteiger partial charge in [0.1, 0.15) is 13.2 Å². The summed E-state index contributed by atoms with van der Waals surface area (Å²) in [5.41, 5.74) is 14.9. The lowest BCUT2D eigenvalue weighted by molar-refractivity contribution is -0.162. The van der Waals surface area contributed by atoms with E-state index in [2.05, 4.69) is 48.5 Å². The van der Waals surface area contributed by atoms with Crippen molar-refractivity contribution in [3.8, 4) is 22.3 Å². The number of esters is 2. The van der Waals surface area contributed by atoms with Crippen LogP contribution in [0.15, 0.2) is 97.1 Å². The lowest BCUT2D eigenvalue weighted by atomic mass is 9.97. The topological polar surface area (TPSA) is 78.6 Å². The zero-order valence-electron chi connectivity index (χ0n) is 21.0. The van der Waals surface area contributed by atoms with Crippen LogP contribution in [0.1, 0.15) is 40.5 Å². The van der Waals surface area contributed by atoms with E-state index in [1.54, 1.807) is 0 Å². The van der Waals surface area contributed by atoms with Crippen LogP contribution in [0, 0.1) is 5.92 Å². The number of carbonyl (C=O) groups excluding carboxylic acids is 2. The number of carbonyl (C=O) groups is 2. The van der Waals surface area contributed by atoms with Gasteiger partial charge in [0.25, 0.3) is 0 Å².